The molecule has 1 atom stereocenters. The highest BCUT2D eigenvalue weighted by Crippen LogP contribution is 2.30. The molecule has 0 bridgehead atoms. The predicted molar refractivity (Wildman–Crippen MR) is 97.1 cm³/mol. The summed E-state index contributed by atoms with van der Waals surface area (Å²) >= 11 is 6.09. The van der Waals surface area contributed by atoms with E-state index in [0.717, 1.165) is 19.5 Å². The van der Waals surface area contributed by atoms with Crippen LogP contribution in [-0.4, -0.2) is 35.8 Å². The second-order valence-electron chi connectivity index (χ2n) is 6.90. The minimum atomic E-state index is -0.529. The molecule has 0 aromatic heterocycles. The van der Waals surface area contributed by atoms with E-state index in [4.69, 9.17) is 11.6 Å². The van der Waals surface area contributed by atoms with Gasteiger partial charge >= 0.3 is 0 Å². The van der Waals surface area contributed by atoms with Crippen LogP contribution in [0.15, 0.2) is 24.3 Å². The van der Waals surface area contributed by atoms with Gasteiger partial charge in [0.1, 0.15) is 6.04 Å². The Morgan fingerprint density at radius 3 is 2.50 bits per heavy atom. The Hall–Kier alpha value is -1.55. The molecule has 24 heavy (non-hydrogen) atoms. The van der Waals surface area contributed by atoms with E-state index in [2.05, 4.69) is 12.2 Å². The molecule has 0 radical (unpaired) electrons. The average Bonchev–Trinajstić information content (AvgIpc) is 3.35. The van der Waals surface area contributed by atoms with Crippen molar-refractivity contribution < 1.29 is 9.59 Å². The first-order chi connectivity index (χ1) is 11.4. The van der Waals surface area contributed by atoms with E-state index in [-0.39, 0.29) is 17.7 Å². The number of carbonyl (C=O) groups excluding carboxylic acids is 2. The second-order valence-corrected chi connectivity index (χ2v) is 7.31. The maximum atomic E-state index is 13.0. The zero-order chi connectivity index (χ0) is 17.7. The molecule has 1 aromatic carbocycles. The van der Waals surface area contributed by atoms with E-state index in [1.54, 1.807) is 24.3 Å². The van der Waals surface area contributed by atoms with Gasteiger partial charge in [-0.2, -0.15) is 0 Å². The number of hydrogen-bond acceptors (Lipinski definition) is 2. The first-order valence-corrected chi connectivity index (χ1v) is 9.16. The second kappa shape index (κ2) is 8.52. The molecule has 1 saturated carbocycles. The summed E-state index contributed by atoms with van der Waals surface area (Å²) in [5, 5.41) is 3.29. The summed E-state index contributed by atoms with van der Waals surface area (Å²) in [4.78, 5) is 27.4. The summed E-state index contributed by atoms with van der Waals surface area (Å²) in [5.74, 6) is 0.366. The van der Waals surface area contributed by atoms with Crippen LogP contribution >= 0.6 is 11.6 Å². The van der Waals surface area contributed by atoms with E-state index >= 15 is 0 Å². The fraction of sp³-hybridized carbons (Fsp3) is 0.579. The van der Waals surface area contributed by atoms with Crippen molar-refractivity contribution in [1.29, 1.82) is 0 Å². The van der Waals surface area contributed by atoms with Crippen LogP contribution < -0.4 is 5.32 Å². The number of rotatable bonds is 8. The number of hydrogen-bond donors (Lipinski definition) is 1. The molecule has 1 fully saturated rings. The molecule has 1 aliphatic carbocycles. The van der Waals surface area contributed by atoms with Gasteiger partial charge in [0.25, 0.3) is 5.91 Å². The van der Waals surface area contributed by atoms with Crippen LogP contribution in [0, 0.1) is 11.8 Å². The minimum Gasteiger partial charge on any atom is -0.341 e. The molecular weight excluding hydrogens is 324 g/mol. The van der Waals surface area contributed by atoms with Gasteiger partial charge in [0.15, 0.2) is 0 Å². The van der Waals surface area contributed by atoms with Crippen molar-refractivity contribution in [3.63, 3.8) is 0 Å². The van der Waals surface area contributed by atoms with Gasteiger partial charge in [-0.3, -0.25) is 9.59 Å². The topological polar surface area (TPSA) is 49.4 Å². The lowest BCUT2D eigenvalue weighted by atomic mass is 10.0. The molecule has 1 aliphatic rings. The Balaban J connectivity index is 2.10. The quantitative estimate of drug-likeness (QED) is 0.776. The third-order valence-electron chi connectivity index (χ3n) is 4.32. The number of amides is 2. The maximum Gasteiger partial charge on any atom is 0.253 e. The summed E-state index contributed by atoms with van der Waals surface area (Å²) in [7, 11) is 0. The summed E-state index contributed by atoms with van der Waals surface area (Å²) in [6, 6.07) is 6.37. The van der Waals surface area contributed by atoms with E-state index in [9.17, 15) is 9.59 Å². The lowest BCUT2D eigenvalue weighted by Gasteiger charge is -2.30. The predicted octanol–water partition coefficient (Wildman–Crippen LogP) is 3.74. The molecule has 5 heteroatoms. The summed E-state index contributed by atoms with van der Waals surface area (Å²) in [6.07, 6.45) is 3.32. The van der Waals surface area contributed by atoms with Crippen molar-refractivity contribution in [1.82, 2.24) is 10.2 Å². The van der Waals surface area contributed by atoms with Crippen molar-refractivity contribution in [3.8, 4) is 0 Å². The van der Waals surface area contributed by atoms with E-state index in [1.807, 2.05) is 18.7 Å². The molecule has 0 saturated heterocycles. The van der Waals surface area contributed by atoms with Crippen LogP contribution in [0.1, 0.15) is 50.4 Å². The number of halogens is 1. The van der Waals surface area contributed by atoms with E-state index in [0.29, 0.717) is 16.5 Å². The van der Waals surface area contributed by atoms with Crippen molar-refractivity contribution in [2.45, 2.75) is 46.1 Å². The fourth-order valence-electron chi connectivity index (χ4n) is 2.75. The normalized spacial score (nSPS) is 15.2. The first kappa shape index (κ1) is 18.8. The number of benzene rings is 1. The van der Waals surface area contributed by atoms with Crippen molar-refractivity contribution >= 4 is 23.4 Å². The van der Waals surface area contributed by atoms with Gasteiger partial charge in [0, 0.05) is 13.1 Å². The van der Waals surface area contributed by atoms with Gasteiger partial charge in [-0.1, -0.05) is 44.5 Å². The van der Waals surface area contributed by atoms with Crippen LogP contribution in [0.5, 0.6) is 0 Å². The van der Waals surface area contributed by atoms with Crippen molar-refractivity contribution in [2.24, 2.45) is 11.8 Å². The lowest BCUT2D eigenvalue weighted by molar-refractivity contribution is -0.134. The van der Waals surface area contributed by atoms with Crippen molar-refractivity contribution in [2.75, 3.05) is 13.1 Å². The summed E-state index contributed by atoms with van der Waals surface area (Å²) in [6.45, 7) is 7.52. The zero-order valence-corrected chi connectivity index (χ0v) is 15.5. The molecule has 1 unspecified atom stereocenters. The van der Waals surface area contributed by atoms with Crippen LogP contribution in [0.2, 0.25) is 5.02 Å². The largest absolute Gasteiger partial charge is 0.341 e. The van der Waals surface area contributed by atoms with Gasteiger partial charge in [0.05, 0.1) is 10.6 Å². The first-order valence-electron chi connectivity index (χ1n) is 8.78. The van der Waals surface area contributed by atoms with E-state index < -0.39 is 6.04 Å². The van der Waals surface area contributed by atoms with E-state index in [1.165, 1.54) is 12.8 Å². The van der Waals surface area contributed by atoms with Crippen LogP contribution in [0.3, 0.4) is 0 Å². The van der Waals surface area contributed by atoms with Crippen molar-refractivity contribution in [3.05, 3.63) is 34.9 Å². The molecule has 0 heterocycles. The number of nitrogens with zero attached hydrogens (tertiary/aromatic N) is 1. The monoisotopic (exact) mass is 350 g/mol. The zero-order valence-electron chi connectivity index (χ0n) is 14.7. The Labute approximate surface area is 149 Å². The minimum absolute atomic E-state index is 0.0131. The Bertz CT molecular complexity index is 584. The third kappa shape index (κ3) is 4.97. The number of carbonyl (C=O) groups is 2. The Morgan fingerprint density at radius 2 is 1.96 bits per heavy atom. The van der Waals surface area contributed by atoms with Gasteiger partial charge in [-0.05, 0) is 43.2 Å². The average molecular weight is 351 g/mol. The molecule has 0 aliphatic heterocycles. The highest BCUT2D eigenvalue weighted by atomic mass is 35.5. The molecule has 4 nitrogen and oxygen atoms in total. The molecule has 1 aromatic rings. The molecule has 2 rings (SSSR count). The summed E-state index contributed by atoms with van der Waals surface area (Å²) < 4.78 is 0. The highest BCUT2D eigenvalue weighted by Gasteiger charge is 2.32. The smallest absolute Gasteiger partial charge is 0.253 e. The third-order valence-corrected chi connectivity index (χ3v) is 4.65. The van der Waals surface area contributed by atoms with Crippen LogP contribution in [0.25, 0.3) is 0 Å². The maximum absolute atomic E-state index is 13.0. The molecule has 132 valence electrons. The Kier molecular flexibility index (Phi) is 6.67. The molecular formula is C19H27ClN2O2. The van der Waals surface area contributed by atoms with Gasteiger partial charge in [0.2, 0.25) is 5.91 Å². The van der Waals surface area contributed by atoms with Crippen LogP contribution in [0.4, 0.5) is 0 Å². The SMILES string of the molecule is CCCN(CC1CC1)C(=O)C(NC(=O)c1ccccc1Cl)C(C)C. The molecule has 2 amide bonds. The number of nitrogens with one attached hydrogen (secondary N) is 1. The van der Waals surface area contributed by atoms with Gasteiger partial charge < -0.3 is 10.2 Å². The van der Waals surface area contributed by atoms with Crippen LogP contribution in [-0.2, 0) is 4.79 Å². The highest BCUT2D eigenvalue weighted by molar-refractivity contribution is 6.33. The Morgan fingerprint density at radius 1 is 1.29 bits per heavy atom. The summed E-state index contributed by atoms with van der Waals surface area (Å²) in [5.41, 5.74) is 0.404. The molecule has 1 N–H and O–H groups in total. The van der Waals surface area contributed by atoms with Gasteiger partial charge in [-0.15, -0.1) is 0 Å². The lowest BCUT2D eigenvalue weighted by Crippen LogP contribution is -2.52. The van der Waals surface area contributed by atoms with Gasteiger partial charge in [-0.25, -0.2) is 0 Å². The standard InChI is InChI=1S/C19H27ClN2O2/c1-4-11-22(12-14-9-10-14)19(24)17(13(2)3)21-18(23)15-7-5-6-8-16(15)20/h5-8,13-14,17H,4,9-12H2,1-3H3,(H,21,23). The molecule has 0 spiro atoms. The fourth-order valence-corrected chi connectivity index (χ4v) is 2.97.